The zero-order valence-corrected chi connectivity index (χ0v) is 17.5. The highest BCUT2D eigenvalue weighted by molar-refractivity contribution is 5.89. The third kappa shape index (κ3) is 4.04. The van der Waals surface area contributed by atoms with Crippen molar-refractivity contribution in [1.29, 1.82) is 0 Å². The SMILES string of the molecule is COc1cc2c3c(c(NC(C)C)nc2cc1OCCCN1CCCC1)CCC3. The van der Waals surface area contributed by atoms with Gasteiger partial charge in [-0.3, -0.25) is 0 Å². The van der Waals surface area contributed by atoms with E-state index < -0.39 is 0 Å². The number of hydrogen-bond acceptors (Lipinski definition) is 5. The van der Waals surface area contributed by atoms with E-state index in [1.165, 1.54) is 48.9 Å². The number of pyridine rings is 1. The zero-order chi connectivity index (χ0) is 19.5. The monoisotopic (exact) mass is 383 g/mol. The van der Waals surface area contributed by atoms with Crippen LogP contribution in [-0.2, 0) is 12.8 Å². The van der Waals surface area contributed by atoms with Crippen LogP contribution >= 0.6 is 0 Å². The van der Waals surface area contributed by atoms with Gasteiger partial charge in [-0.25, -0.2) is 4.98 Å². The van der Waals surface area contributed by atoms with Gasteiger partial charge >= 0.3 is 0 Å². The van der Waals surface area contributed by atoms with E-state index in [4.69, 9.17) is 14.5 Å². The van der Waals surface area contributed by atoms with Crippen LogP contribution in [0.3, 0.4) is 0 Å². The number of rotatable bonds is 8. The first-order chi connectivity index (χ1) is 13.7. The summed E-state index contributed by atoms with van der Waals surface area (Å²) in [5.41, 5.74) is 3.80. The molecule has 1 saturated heterocycles. The van der Waals surface area contributed by atoms with Crippen LogP contribution in [0.25, 0.3) is 10.9 Å². The highest BCUT2D eigenvalue weighted by atomic mass is 16.5. The maximum atomic E-state index is 6.12. The molecule has 0 radical (unpaired) electrons. The first-order valence-electron chi connectivity index (χ1n) is 10.8. The Balaban J connectivity index is 1.57. The topological polar surface area (TPSA) is 46.6 Å². The lowest BCUT2D eigenvalue weighted by atomic mass is 10.0. The summed E-state index contributed by atoms with van der Waals surface area (Å²) in [6, 6.07) is 4.56. The van der Waals surface area contributed by atoms with Gasteiger partial charge in [0.25, 0.3) is 0 Å². The van der Waals surface area contributed by atoms with Gasteiger partial charge in [-0.05, 0) is 82.7 Å². The van der Waals surface area contributed by atoms with Gasteiger partial charge < -0.3 is 19.7 Å². The first kappa shape index (κ1) is 19.3. The van der Waals surface area contributed by atoms with Gasteiger partial charge in [-0.1, -0.05) is 0 Å². The maximum absolute atomic E-state index is 6.12. The lowest BCUT2D eigenvalue weighted by Crippen LogP contribution is -2.21. The quantitative estimate of drug-likeness (QED) is 0.684. The molecular formula is C23H33N3O2. The van der Waals surface area contributed by atoms with Gasteiger partial charge in [-0.2, -0.15) is 0 Å². The molecule has 0 amide bonds. The third-order valence-electron chi connectivity index (χ3n) is 5.84. The number of fused-ring (bicyclic) bond motifs is 3. The minimum absolute atomic E-state index is 0.370. The minimum atomic E-state index is 0.370. The van der Waals surface area contributed by atoms with Crippen LogP contribution in [0.2, 0.25) is 0 Å². The summed E-state index contributed by atoms with van der Waals surface area (Å²) >= 11 is 0. The Morgan fingerprint density at radius 3 is 2.61 bits per heavy atom. The summed E-state index contributed by atoms with van der Waals surface area (Å²) in [7, 11) is 1.72. The minimum Gasteiger partial charge on any atom is -0.493 e. The molecule has 0 unspecified atom stereocenters. The molecule has 0 spiro atoms. The van der Waals surface area contributed by atoms with E-state index in [0.717, 1.165) is 48.6 Å². The van der Waals surface area contributed by atoms with Gasteiger partial charge in [0.1, 0.15) is 5.82 Å². The smallest absolute Gasteiger partial charge is 0.163 e. The Labute approximate surface area is 168 Å². The molecule has 0 atom stereocenters. The fourth-order valence-electron chi connectivity index (χ4n) is 4.52. The normalized spacial score (nSPS) is 16.7. The van der Waals surface area contributed by atoms with Crippen molar-refractivity contribution in [2.75, 3.05) is 38.7 Å². The predicted molar refractivity (Wildman–Crippen MR) is 115 cm³/mol. The molecule has 0 saturated carbocycles. The van der Waals surface area contributed by atoms with Crippen LogP contribution in [0, 0.1) is 0 Å². The second-order valence-corrected chi connectivity index (χ2v) is 8.34. The maximum Gasteiger partial charge on any atom is 0.163 e. The van der Waals surface area contributed by atoms with Gasteiger partial charge in [0, 0.05) is 24.0 Å². The van der Waals surface area contributed by atoms with Crippen molar-refractivity contribution >= 4 is 16.7 Å². The number of anilines is 1. The molecule has 28 heavy (non-hydrogen) atoms. The number of likely N-dealkylation sites (tertiary alicyclic amines) is 1. The fraction of sp³-hybridized carbons (Fsp3) is 0.609. The summed E-state index contributed by atoms with van der Waals surface area (Å²) in [4.78, 5) is 7.48. The van der Waals surface area contributed by atoms with E-state index in [1.807, 2.05) is 0 Å². The van der Waals surface area contributed by atoms with Crippen molar-refractivity contribution in [3.63, 3.8) is 0 Å². The molecule has 1 aliphatic heterocycles. The lowest BCUT2D eigenvalue weighted by Gasteiger charge is -2.18. The molecule has 4 rings (SSSR count). The second kappa shape index (κ2) is 8.56. The Hall–Kier alpha value is -2.01. The van der Waals surface area contributed by atoms with Gasteiger partial charge in [0.2, 0.25) is 0 Å². The first-order valence-corrected chi connectivity index (χ1v) is 10.8. The number of nitrogens with one attached hydrogen (secondary N) is 1. The predicted octanol–water partition coefficient (Wildman–Crippen LogP) is 4.42. The lowest BCUT2D eigenvalue weighted by molar-refractivity contribution is 0.254. The van der Waals surface area contributed by atoms with Crippen LogP contribution in [0.5, 0.6) is 11.5 Å². The second-order valence-electron chi connectivity index (χ2n) is 8.34. The van der Waals surface area contributed by atoms with E-state index in [-0.39, 0.29) is 0 Å². The van der Waals surface area contributed by atoms with Crippen LogP contribution in [0.4, 0.5) is 5.82 Å². The molecule has 5 nitrogen and oxygen atoms in total. The molecule has 2 aromatic rings. The molecule has 0 bridgehead atoms. The highest BCUT2D eigenvalue weighted by Gasteiger charge is 2.22. The molecule has 1 N–H and O–H groups in total. The van der Waals surface area contributed by atoms with Gasteiger partial charge in [-0.15, -0.1) is 0 Å². The average Bonchev–Trinajstić information content (AvgIpc) is 3.36. The third-order valence-corrected chi connectivity index (χ3v) is 5.84. The average molecular weight is 384 g/mol. The summed E-state index contributed by atoms with van der Waals surface area (Å²) in [6.07, 6.45) is 7.12. The molecule has 1 aromatic carbocycles. The zero-order valence-electron chi connectivity index (χ0n) is 17.5. The van der Waals surface area contributed by atoms with Crippen LogP contribution in [0.1, 0.15) is 50.7 Å². The van der Waals surface area contributed by atoms with Crippen LogP contribution in [0.15, 0.2) is 12.1 Å². The number of benzene rings is 1. The Morgan fingerprint density at radius 1 is 1.07 bits per heavy atom. The Morgan fingerprint density at radius 2 is 1.86 bits per heavy atom. The Kier molecular flexibility index (Phi) is 5.90. The standard InChI is InChI=1S/C23H33N3O2/c1-16(2)24-23-18-9-6-8-17(18)19-14-21(27-3)22(15-20(19)25-23)28-13-7-12-26-10-4-5-11-26/h14-16H,4-13H2,1-3H3,(H,24,25). The van der Waals surface area contributed by atoms with Crippen LogP contribution in [-0.4, -0.2) is 49.3 Å². The number of aromatic nitrogens is 1. The molecular weight excluding hydrogens is 350 g/mol. The molecule has 1 fully saturated rings. The number of hydrogen-bond donors (Lipinski definition) is 1. The van der Waals surface area contributed by atoms with Crippen molar-refractivity contribution in [3.05, 3.63) is 23.3 Å². The molecule has 1 aliphatic carbocycles. The largest absolute Gasteiger partial charge is 0.493 e. The van der Waals surface area contributed by atoms with E-state index >= 15 is 0 Å². The molecule has 2 heterocycles. The Bertz CT molecular complexity index is 828. The number of methoxy groups -OCH3 is 1. The van der Waals surface area contributed by atoms with Crippen molar-refractivity contribution in [1.82, 2.24) is 9.88 Å². The summed E-state index contributed by atoms with van der Waals surface area (Å²) in [5, 5.41) is 4.75. The molecule has 2 aliphatic rings. The van der Waals surface area contributed by atoms with E-state index in [0.29, 0.717) is 12.6 Å². The van der Waals surface area contributed by atoms with E-state index in [2.05, 4.69) is 36.2 Å². The number of ether oxygens (including phenoxy) is 2. The van der Waals surface area contributed by atoms with Crippen molar-refractivity contribution in [2.24, 2.45) is 0 Å². The fourth-order valence-corrected chi connectivity index (χ4v) is 4.52. The summed E-state index contributed by atoms with van der Waals surface area (Å²) in [6.45, 7) is 8.62. The summed E-state index contributed by atoms with van der Waals surface area (Å²) < 4.78 is 11.8. The number of nitrogens with zero attached hydrogens (tertiary/aromatic N) is 2. The number of aryl methyl sites for hydroxylation is 1. The van der Waals surface area contributed by atoms with Crippen molar-refractivity contribution < 1.29 is 9.47 Å². The molecule has 152 valence electrons. The van der Waals surface area contributed by atoms with Crippen molar-refractivity contribution in [2.45, 2.75) is 58.4 Å². The van der Waals surface area contributed by atoms with E-state index in [9.17, 15) is 0 Å². The van der Waals surface area contributed by atoms with Gasteiger partial charge in [0.05, 0.1) is 19.2 Å². The van der Waals surface area contributed by atoms with Crippen molar-refractivity contribution in [3.8, 4) is 11.5 Å². The molecule has 1 aromatic heterocycles. The summed E-state index contributed by atoms with van der Waals surface area (Å²) in [5.74, 6) is 2.66. The van der Waals surface area contributed by atoms with Gasteiger partial charge in [0.15, 0.2) is 11.5 Å². The molecule has 5 heteroatoms. The highest BCUT2D eigenvalue weighted by Crippen LogP contribution is 2.39. The van der Waals surface area contributed by atoms with Crippen LogP contribution < -0.4 is 14.8 Å². The van der Waals surface area contributed by atoms with E-state index in [1.54, 1.807) is 7.11 Å².